The van der Waals surface area contributed by atoms with E-state index in [1.165, 1.54) is 5.56 Å². The topological polar surface area (TPSA) is 67.5 Å². The molecule has 0 aromatic heterocycles. The van der Waals surface area contributed by atoms with Crippen molar-refractivity contribution >= 4 is 11.7 Å². The number of benzene rings is 1. The van der Waals surface area contributed by atoms with Crippen molar-refractivity contribution in [2.75, 3.05) is 0 Å². The maximum atomic E-state index is 10.7. The number of hydrogen-bond acceptors (Lipinski definition) is 2. The molecule has 1 aliphatic rings. The number of urea groups is 1. The Morgan fingerprint density at radius 1 is 1.56 bits per heavy atom. The monoisotopic (exact) mass is 217 g/mol. The van der Waals surface area contributed by atoms with Crippen molar-refractivity contribution in [1.82, 2.24) is 5.43 Å². The molecule has 4 heteroatoms. The number of carbonyl (C=O) groups excluding carboxylic acids is 1. The van der Waals surface area contributed by atoms with Crippen LogP contribution in [0.25, 0.3) is 0 Å². The molecule has 2 amide bonds. The molecule has 0 aliphatic heterocycles. The third-order valence-electron chi connectivity index (χ3n) is 2.93. The molecule has 0 bridgehead atoms. The second-order valence-corrected chi connectivity index (χ2v) is 3.94. The number of nitrogens with two attached hydrogens (primary N) is 1. The first-order valence-electron chi connectivity index (χ1n) is 5.43. The minimum atomic E-state index is -0.619. The summed E-state index contributed by atoms with van der Waals surface area (Å²) in [7, 11) is 0. The van der Waals surface area contributed by atoms with Crippen LogP contribution >= 0.6 is 0 Å². The van der Waals surface area contributed by atoms with E-state index in [0.717, 1.165) is 24.1 Å². The molecule has 1 atom stereocenters. The first-order valence-corrected chi connectivity index (χ1v) is 5.43. The van der Waals surface area contributed by atoms with Crippen LogP contribution in [0.3, 0.4) is 0 Å². The van der Waals surface area contributed by atoms with Crippen LogP contribution in [0.4, 0.5) is 4.79 Å². The summed E-state index contributed by atoms with van der Waals surface area (Å²) in [4.78, 5) is 10.7. The molecule has 0 spiro atoms. The van der Waals surface area contributed by atoms with Gasteiger partial charge in [-0.05, 0) is 18.4 Å². The minimum Gasteiger partial charge on any atom is -0.350 e. The number of fused-ring (bicyclic) bond motifs is 1. The number of hydrogen-bond donors (Lipinski definition) is 2. The summed E-state index contributed by atoms with van der Waals surface area (Å²) >= 11 is 0. The summed E-state index contributed by atoms with van der Waals surface area (Å²) in [5, 5.41) is 4.11. The number of primary amides is 1. The lowest BCUT2D eigenvalue weighted by atomic mass is 10.0. The summed E-state index contributed by atoms with van der Waals surface area (Å²) < 4.78 is 0. The zero-order valence-corrected chi connectivity index (χ0v) is 9.23. The van der Waals surface area contributed by atoms with Gasteiger partial charge in [0, 0.05) is 11.5 Å². The van der Waals surface area contributed by atoms with E-state index in [2.05, 4.69) is 23.5 Å². The first kappa shape index (κ1) is 10.7. The first-order chi connectivity index (χ1) is 7.72. The van der Waals surface area contributed by atoms with E-state index in [4.69, 9.17) is 5.73 Å². The lowest BCUT2D eigenvalue weighted by molar-refractivity contribution is 0.249. The third-order valence-corrected chi connectivity index (χ3v) is 2.93. The highest BCUT2D eigenvalue weighted by Gasteiger charge is 2.26. The van der Waals surface area contributed by atoms with Gasteiger partial charge < -0.3 is 5.73 Å². The Morgan fingerprint density at radius 3 is 3.00 bits per heavy atom. The second kappa shape index (κ2) is 4.35. The molecule has 0 heterocycles. The van der Waals surface area contributed by atoms with Crippen LogP contribution in [0.5, 0.6) is 0 Å². The van der Waals surface area contributed by atoms with Crippen LogP contribution in [0.2, 0.25) is 0 Å². The zero-order chi connectivity index (χ0) is 11.5. The predicted molar refractivity (Wildman–Crippen MR) is 63.2 cm³/mol. The fraction of sp³-hybridized carbons (Fsp3) is 0.333. The summed E-state index contributed by atoms with van der Waals surface area (Å²) in [6.07, 6.45) is 2.00. The van der Waals surface area contributed by atoms with Gasteiger partial charge in [-0.3, -0.25) is 0 Å². The predicted octanol–water partition coefficient (Wildman–Crippen LogP) is 1.64. The SMILES string of the molecule is CCC1Cc2ccccc2C1=NNC(N)=O. The molecular formula is C12H15N3O. The number of hydrazone groups is 1. The van der Waals surface area contributed by atoms with Crippen LogP contribution in [-0.4, -0.2) is 11.7 Å². The van der Waals surface area contributed by atoms with Crippen LogP contribution in [-0.2, 0) is 6.42 Å². The molecule has 1 aromatic carbocycles. The van der Waals surface area contributed by atoms with Crippen molar-refractivity contribution in [1.29, 1.82) is 0 Å². The van der Waals surface area contributed by atoms with E-state index in [1.54, 1.807) is 0 Å². The molecule has 0 saturated carbocycles. The van der Waals surface area contributed by atoms with Crippen LogP contribution < -0.4 is 11.2 Å². The Bertz CT molecular complexity index is 440. The zero-order valence-electron chi connectivity index (χ0n) is 9.23. The van der Waals surface area contributed by atoms with E-state index in [0.29, 0.717) is 5.92 Å². The molecule has 3 N–H and O–H groups in total. The molecule has 0 saturated heterocycles. The largest absolute Gasteiger partial charge is 0.350 e. The van der Waals surface area contributed by atoms with E-state index in [-0.39, 0.29) is 0 Å². The Kier molecular flexibility index (Phi) is 2.90. The standard InChI is InChI=1S/C12H15N3O/c1-2-8-7-9-5-3-4-6-10(9)11(8)14-15-12(13)16/h3-6,8H,2,7H2,1H3,(H3,13,15,16). The Labute approximate surface area is 94.5 Å². The van der Waals surface area contributed by atoms with Gasteiger partial charge in [-0.1, -0.05) is 31.2 Å². The van der Waals surface area contributed by atoms with Gasteiger partial charge in [-0.2, -0.15) is 5.10 Å². The fourth-order valence-electron chi connectivity index (χ4n) is 2.13. The van der Waals surface area contributed by atoms with Crippen molar-refractivity contribution in [3.05, 3.63) is 35.4 Å². The molecular weight excluding hydrogens is 202 g/mol. The summed E-state index contributed by atoms with van der Waals surface area (Å²) in [6.45, 7) is 2.12. The van der Waals surface area contributed by atoms with Gasteiger partial charge in [0.05, 0.1) is 5.71 Å². The summed E-state index contributed by atoms with van der Waals surface area (Å²) in [6, 6.07) is 7.52. The Morgan fingerprint density at radius 2 is 2.31 bits per heavy atom. The molecule has 1 unspecified atom stereocenters. The third kappa shape index (κ3) is 1.91. The molecule has 1 aliphatic carbocycles. The van der Waals surface area contributed by atoms with Crippen molar-refractivity contribution in [3.8, 4) is 0 Å². The number of rotatable bonds is 2. The molecule has 2 rings (SSSR count). The Balaban J connectivity index is 2.34. The number of nitrogens with zero attached hydrogens (tertiary/aromatic N) is 1. The van der Waals surface area contributed by atoms with Gasteiger partial charge in [0.1, 0.15) is 0 Å². The van der Waals surface area contributed by atoms with Crippen molar-refractivity contribution in [2.24, 2.45) is 16.8 Å². The highest BCUT2D eigenvalue weighted by atomic mass is 16.2. The number of carbonyl (C=O) groups is 1. The van der Waals surface area contributed by atoms with Gasteiger partial charge in [-0.25, -0.2) is 10.2 Å². The minimum absolute atomic E-state index is 0.379. The number of amides is 2. The van der Waals surface area contributed by atoms with Crippen LogP contribution in [0, 0.1) is 5.92 Å². The maximum Gasteiger partial charge on any atom is 0.332 e. The molecule has 1 aromatic rings. The summed E-state index contributed by atoms with van der Waals surface area (Å²) in [5.41, 5.74) is 10.7. The van der Waals surface area contributed by atoms with Crippen LogP contribution in [0.15, 0.2) is 29.4 Å². The van der Waals surface area contributed by atoms with E-state index >= 15 is 0 Å². The van der Waals surface area contributed by atoms with E-state index in [9.17, 15) is 4.79 Å². The van der Waals surface area contributed by atoms with E-state index in [1.807, 2.05) is 18.2 Å². The smallest absolute Gasteiger partial charge is 0.332 e. The lowest BCUT2D eigenvalue weighted by Gasteiger charge is -2.07. The molecule has 0 fully saturated rings. The average molecular weight is 217 g/mol. The molecule has 4 nitrogen and oxygen atoms in total. The number of nitrogens with one attached hydrogen (secondary N) is 1. The van der Waals surface area contributed by atoms with Gasteiger partial charge in [0.2, 0.25) is 0 Å². The van der Waals surface area contributed by atoms with Crippen molar-refractivity contribution < 1.29 is 4.79 Å². The maximum absolute atomic E-state index is 10.7. The van der Waals surface area contributed by atoms with Crippen molar-refractivity contribution in [2.45, 2.75) is 19.8 Å². The fourth-order valence-corrected chi connectivity index (χ4v) is 2.13. The molecule has 16 heavy (non-hydrogen) atoms. The van der Waals surface area contributed by atoms with E-state index < -0.39 is 6.03 Å². The second-order valence-electron chi connectivity index (χ2n) is 3.94. The molecule has 84 valence electrons. The van der Waals surface area contributed by atoms with Gasteiger partial charge in [-0.15, -0.1) is 0 Å². The van der Waals surface area contributed by atoms with Gasteiger partial charge in [0.25, 0.3) is 0 Å². The highest BCUT2D eigenvalue weighted by molar-refractivity contribution is 6.06. The quantitative estimate of drug-likeness (QED) is 0.726. The van der Waals surface area contributed by atoms with Crippen molar-refractivity contribution in [3.63, 3.8) is 0 Å². The molecule has 0 radical (unpaired) electrons. The Hall–Kier alpha value is -1.84. The highest BCUT2D eigenvalue weighted by Crippen LogP contribution is 2.28. The van der Waals surface area contributed by atoms with Crippen LogP contribution in [0.1, 0.15) is 24.5 Å². The summed E-state index contributed by atoms with van der Waals surface area (Å²) in [5.74, 6) is 0.379. The average Bonchev–Trinajstić information content (AvgIpc) is 2.64. The van der Waals surface area contributed by atoms with Gasteiger partial charge in [0.15, 0.2) is 0 Å². The van der Waals surface area contributed by atoms with Gasteiger partial charge >= 0.3 is 6.03 Å². The normalized spacial score (nSPS) is 20.8. The lowest BCUT2D eigenvalue weighted by Crippen LogP contribution is -2.27.